The zero-order valence-corrected chi connectivity index (χ0v) is 25.1. The van der Waals surface area contributed by atoms with Crippen molar-refractivity contribution in [1.82, 2.24) is 20.9 Å². The van der Waals surface area contributed by atoms with Crippen molar-refractivity contribution < 1.29 is 24.3 Å². The topological polar surface area (TPSA) is 128 Å². The van der Waals surface area contributed by atoms with E-state index in [1.54, 1.807) is 19.2 Å². The highest BCUT2D eigenvalue weighted by atomic mass is 16.4. The Bertz CT molecular complexity index is 1120. The molecule has 0 radical (unpaired) electrons. The van der Waals surface area contributed by atoms with E-state index in [-0.39, 0.29) is 30.6 Å². The first-order valence-corrected chi connectivity index (χ1v) is 14.3. The minimum Gasteiger partial charge on any atom is -0.480 e. The largest absolute Gasteiger partial charge is 0.480 e. The molecule has 0 heterocycles. The van der Waals surface area contributed by atoms with E-state index in [1.807, 2.05) is 76.2 Å². The number of rotatable bonds is 16. The van der Waals surface area contributed by atoms with Gasteiger partial charge in [-0.15, -0.1) is 0 Å². The molecular formula is C32H46N4O5. The van der Waals surface area contributed by atoms with E-state index >= 15 is 0 Å². The van der Waals surface area contributed by atoms with Gasteiger partial charge in [0.05, 0.1) is 6.04 Å². The molecule has 0 fully saturated rings. The first-order chi connectivity index (χ1) is 19.4. The molecule has 41 heavy (non-hydrogen) atoms. The Morgan fingerprint density at radius 1 is 0.707 bits per heavy atom. The third-order valence-electron chi connectivity index (χ3n) is 6.98. The van der Waals surface area contributed by atoms with Crippen LogP contribution in [0.25, 0.3) is 0 Å². The minimum atomic E-state index is -1.16. The molecule has 0 aliphatic heterocycles. The summed E-state index contributed by atoms with van der Waals surface area (Å²) in [6.07, 6.45) is 1.28. The van der Waals surface area contributed by atoms with Crippen LogP contribution in [-0.2, 0) is 32.0 Å². The highest BCUT2D eigenvalue weighted by Gasteiger charge is 2.35. The lowest BCUT2D eigenvalue weighted by atomic mass is 9.98. The molecule has 4 N–H and O–H groups in total. The summed E-state index contributed by atoms with van der Waals surface area (Å²) in [7, 11) is 3.25. The molecule has 2 aromatic carbocycles. The zero-order valence-electron chi connectivity index (χ0n) is 25.1. The third-order valence-corrected chi connectivity index (χ3v) is 6.98. The van der Waals surface area contributed by atoms with Gasteiger partial charge in [0, 0.05) is 19.9 Å². The molecule has 224 valence electrons. The summed E-state index contributed by atoms with van der Waals surface area (Å²) in [6.45, 7) is 7.92. The fourth-order valence-electron chi connectivity index (χ4n) is 4.75. The third kappa shape index (κ3) is 11.0. The van der Waals surface area contributed by atoms with Crippen molar-refractivity contribution in [2.24, 2.45) is 11.8 Å². The number of amides is 3. The van der Waals surface area contributed by atoms with Gasteiger partial charge in [-0.2, -0.15) is 0 Å². The van der Waals surface area contributed by atoms with Crippen LogP contribution in [0.2, 0.25) is 0 Å². The number of carboxylic acids is 1. The predicted molar refractivity (Wildman–Crippen MR) is 160 cm³/mol. The van der Waals surface area contributed by atoms with Crippen molar-refractivity contribution in [1.29, 1.82) is 0 Å². The molecule has 0 aliphatic carbocycles. The van der Waals surface area contributed by atoms with Gasteiger partial charge < -0.3 is 26.0 Å². The SMILES string of the molecule is CN[C@@H](CC(C)C)C(=O)N[C@@H](Cc1ccccc1)C(=O)N(C)[C@@H](CC(C)C)C(=O)N[C@H](Cc1ccccc1)C(=O)O. The first-order valence-electron chi connectivity index (χ1n) is 14.3. The molecule has 4 atom stereocenters. The molecule has 0 spiro atoms. The maximum absolute atomic E-state index is 13.9. The van der Waals surface area contributed by atoms with Gasteiger partial charge in [0.2, 0.25) is 17.7 Å². The number of aliphatic carboxylic acids is 1. The number of hydrogen-bond acceptors (Lipinski definition) is 5. The van der Waals surface area contributed by atoms with Crippen LogP contribution < -0.4 is 16.0 Å². The van der Waals surface area contributed by atoms with E-state index < -0.39 is 42.0 Å². The second-order valence-electron chi connectivity index (χ2n) is 11.4. The fourth-order valence-corrected chi connectivity index (χ4v) is 4.75. The van der Waals surface area contributed by atoms with Crippen LogP contribution in [0.4, 0.5) is 0 Å². The highest BCUT2D eigenvalue weighted by Crippen LogP contribution is 2.16. The van der Waals surface area contributed by atoms with Gasteiger partial charge in [0.25, 0.3) is 0 Å². The molecule has 9 nitrogen and oxygen atoms in total. The molecular weight excluding hydrogens is 520 g/mol. The number of carboxylic acid groups (broad SMARTS) is 1. The van der Waals surface area contributed by atoms with E-state index in [0.717, 1.165) is 11.1 Å². The summed E-state index contributed by atoms with van der Waals surface area (Å²) >= 11 is 0. The Morgan fingerprint density at radius 3 is 1.61 bits per heavy atom. The Hall–Kier alpha value is -3.72. The summed E-state index contributed by atoms with van der Waals surface area (Å²) in [5.74, 6) is -2.10. The monoisotopic (exact) mass is 566 g/mol. The van der Waals surface area contributed by atoms with E-state index in [2.05, 4.69) is 16.0 Å². The quantitative estimate of drug-likeness (QED) is 0.247. The lowest BCUT2D eigenvalue weighted by Gasteiger charge is -2.33. The number of carbonyl (C=O) groups is 4. The van der Waals surface area contributed by atoms with Crippen LogP contribution in [-0.4, -0.2) is 72.0 Å². The maximum Gasteiger partial charge on any atom is 0.326 e. The Labute approximate surface area is 244 Å². The van der Waals surface area contributed by atoms with Gasteiger partial charge in [-0.25, -0.2) is 4.79 Å². The maximum atomic E-state index is 13.9. The van der Waals surface area contributed by atoms with Gasteiger partial charge in [-0.3, -0.25) is 14.4 Å². The van der Waals surface area contributed by atoms with Crippen molar-refractivity contribution >= 4 is 23.7 Å². The van der Waals surface area contributed by atoms with Crippen LogP contribution in [0.5, 0.6) is 0 Å². The van der Waals surface area contributed by atoms with Gasteiger partial charge in [-0.1, -0.05) is 88.4 Å². The summed E-state index contributed by atoms with van der Waals surface area (Å²) < 4.78 is 0. The summed E-state index contributed by atoms with van der Waals surface area (Å²) in [4.78, 5) is 54.1. The van der Waals surface area contributed by atoms with Crippen molar-refractivity contribution in [3.8, 4) is 0 Å². The number of nitrogens with one attached hydrogen (secondary N) is 3. The predicted octanol–water partition coefficient (Wildman–Crippen LogP) is 3.03. The number of hydrogen-bond donors (Lipinski definition) is 4. The van der Waals surface area contributed by atoms with Crippen LogP contribution >= 0.6 is 0 Å². The summed E-state index contributed by atoms with van der Waals surface area (Å²) in [5.41, 5.74) is 1.64. The molecule has 2 aromatic rings. The van der Waals surface area contributed by atoms with Crippen molar-refractivity contribution in [3.63, 3.8) is 0 Å². The lowest BCUT2D eigenvalue weighted by Crippen LogP contribution is -2.58. The normalized spacial score (nSPS) is 14.1. The number of likely N-dealkylation sites (N-methyl/N-ethyl adjacent to an activating group) is 2. The first kappa shape index (κ1) is 33.5. The van der Waals surface area contributed by atoms with Crippen molar-refractivity contribution in [3.05, 3.63) is 71.8 Å². The molecule has 0 unspecified atom stereocenters. The molecule has 0 aromatic heterocycles. The number of benzene rings is 2. The minimum absolute atomic E-state index is 0.0419. The molecule has 0 bridgehead atoms. The van der Waals surface area contributed by atoms with Gasteiger partial charge in [-0.05, 0) is 42.9 Å². The molecule has 0 saturated heterocycles. The molecule has 2 rings (SSSR count). The average molecular weight is 567 g/mol. The molecule has 0 aliphatic rings. The van der Waals surface area contributed by atoms with Crippen LogP contribution in [0, 0.1) is 11.8 Å². The van der Waals surface area contributed by atoms with Gasteiger partial charge in [0.1, 0.15) is 18.1 Å². The highest BCUT2D eigenvalue weighted by molar-refractivity contribution is 5.94. The molecule has 0 saturated carbocycles. The Kier molecular flexibility index (Phi) is 13.5. The average Bonchev–Trinajstić information content (AvgIpc) is 2.93. The van der Waals surface area contributed by atoms with Gasteiger partial charge in [0.15, 0.2) is 0 Å². The van der Waals surface area contributed by atoms with E-state index in [9.17, 15) is 24.3 Å². The molecule has 3 amide bonds. The van der Waals surface area contributed by atoms with Crippen LogP contribution in [0.3, 0.4) is 0 Å². The smallest absolute Gasteiger partial charge is 0.326 e. The number of carbonyl (C=O) groups excluding carboxylic acids is 3. The summed E-state index contributed by atoms with van der Waals surface area (Å²) in [6, 6.07) is 15.0. The van der Waals surface area contributed by atoms with E-state index in [0.29, 0.717) is 12.8 Å². The van der Waals surface area contributed by atoms with Crippen LogP contribution in [0.15, 0.2) is 60.7 Å². The lowest BCUT2D eigenvalue weighted by molar-refractivity contribution is -0.145. The van der Waals surface area contributed by atoms with E-state index in [4.69, 9.17) is 0 Å². The standard InChI is InChI=1S/C32H46N4O5/c1-21(2)17-25(33-5)29(37)34-26(19-23-13-9-7-10-14-23)31(39)36(6)28(18-22(3)4)30(38)35-27(32(40)41)20-24-15-11-8-12-16-24/h7-16,21-22,25-28,33H,17-20H2,1-6H3,(H,34,37)(H,35,38)(H,40,41)/t25-,26-,27+,28-/m0/s1. The number of nitrogens with zero attached hydrogens (tertiary/aromatic N) is 1. The van der Waals surface area contributed by atoms with Crippen LogP contribution in [0.1, 0.15) is 51.7 Å². The van der Waals surface area contributed by atoms with Gasteiger partial charge >= 0.3 is 5.97 Å². The van der Waals surface area contributed by atoms with E-state index in [1.165, 1.54) is 11.9 Å². The second kappa shape index (κ2) is 16.5. The fraction of sp³-hybridized carbons (Fsp3) is 0.500. The second-order valence-corrected chi connectivity index (χ2v) is 11.4. The van der Waals surface area contributed by atoms with Crippen molar-refractivity contribution in [2.45, 2.75) is 77.5 Å². The van der Waals surface area contributed by atoms with Crippen molar-refractivity contribution in [2.75, 3.05) is 14.1 Å². The zero-order chi connectivity index (χ0) is 30.5. The summed E-state index contributed by atoms with van der Waals surface area (Å²) in [5, 5.41) is 18.4. The molecule has 9 heteroatoms. The Balaban J connectivity index is 2.31. The Morgan fingerprint density at radius 2 is 1.17 bits per heavy atom.